The summed E-state index contributed by atoms with van der Waals surface area (Å²) in [4.78, 5) is 30.1. The van der Waals surface area contributed by atoms with E-state index in [2.05, 4.69) is 31.0 Å². The Kier molecular flexibility index (Phi) is 8.68. The minimum Gasteiger partial charge on any atom is -0.374 e. The van der Waals surface area contributed by atoms with Crippen LogP contribution in [0.1, 0.15) is 35.9 Å². The van der Waals surface area contributed by atoms with Gasteiger partial charge < -0.3 is 25.2 Å². The zero-order valence-electron chi connectivity index (χ0n) is 17.9. The van der Waals surface area contributed by atoms with E-state index in [1.54, 1.807) is 6.07 Å². The van der Waals surface area contributed by atoms with E-state index in [9.17, 15) is 9.59 Å². The highest BCUT2D eigenvalue weighted by molar-refractivity contribution is 6.42. The van der Waals surface area contributed by atoms with Gasteiger partial charge in [-0.3, -0.25) is 9.69 Å². The fourth-order valence-corrected chi connectivity index (χ4v) is 3.43. The predicted molar refractivity (Wildman–Crippen MR) is 119 cm³/mol. The zero-order valence-corrected chi connectivity index (χ0v) is 19.4. The second-order valence-electron chi connectivity index (χ2n) is 7.68. The number of ether oxygens (including phenoxy) is 1. The molecule has 32 heavy (non-hydrogen) atoms. The molecule has 3 N–H and O–H groups in total. The number of benzene rings is 1. The number of halogens is 2. The number of hydrogen-bond donors (Lipinski definition) is 3. The van der Waals surface area contributed by atoms with Crippen LogP contribution in [0.15, 0.2) is 22.7 Å². The smallest absolute Gasteiger partial charge is 0.315 e. The van der Waals surface area contributed by atoms with E-state index in [0.29, 0.717) is 36.3 Å². The number of urea groups is 1. The first kappa shape index (κ1) is 24.2. The fourth-order valence-electron chi connectivity index (χ4n) is 3.11. The standard InChI is InChI=1S/C20H26Cl2N6O4/c1-12(2)25-19(29)18-26-17(32-27-18)9-24-20(30)23-8-14-11-28(5-6-31-14)10-13-3-4-15(21)16(22)7-13/h3-4,7,12,14H,5-6,8-11H2,1-2H3,(H,25,29)(H2,23,24,30)/t14-/m0/s1. The minimum absolute atomic E-state index is 0.00274. The van der Waals surface area contributed by atoms with Gasteiger partial charge in [0.1, 0.15) is 0 Å². The lowest BCUT2D eigenvalue weighted by atomic mass is 10.2. The van der Waals surface area contributed by atoms with Gasteiger partial charge in [0, 0.05) is 32.2 Å². The molecular formula is C20H26Cl2N6O4. The molecule has 174 valence electrons. The van der Waals surface area contributed by atoms with Crippen molar-refractivity contribution >= 4 is 35.1 Å². The number of carbonyl (C=O) groups is 2. The molecule has 1 saturated heterocycles. The Labute approximate surface area is 195 Å². The molecule has 3 rings (SSSR count). The summed E-state index contributed by atoms with van der Waals surface area (Å²) in [7, 11) is 0. The monoisotopic (exact) mass is 484 g/mol. The lowest BCUT2D eigenvalue weighted by Crippen LogP contribution is -2.48. The van der Waals surface area contributed by atoms with Crippen molar-refractivity contribution in [3.8, 4) is 0 Å². The molecule has 0 saturated carbocycles. The van der Waals surface area contributed by atoms with Crippen molar-refractivity contribution in [2.24, 2.45) is 0 Å². The van der Waals surface area contributed by atoms with E-state index in [1.807, 2.05) is 26.0 Å². The highest BCUT2D eigenvalue weighted by Crippen LogP contribution is 2.23. The molecule has 1 aliphatic rings. The van der Waals surface area contributed by atoms with Crippen LogP contribution in [0.2, 0.25) is 10.0 Å². The second-order valence-corrected chi connectivity index (χ2v) is 8.49. The third-order valence-corrected chi connectivity index (χ3v) is 5.33. The highest BCUT2D eigenvalue weighted by atomic mass is 35.5. The molecule has 2 heterocycles. The summed E-state index contributed by atoms with van der Waals surface area (Å²) < 4.78 is 10.7. The van der Waals surface area contributed by atoms with Crippen LogP contribution in [-0.2, 0) is 17.8 Å². The first-order valence-electron chi connectivity index (χ1n) is 10.2. The highest BCUT2D eigenvalue weighted by Gasteiger charge is 2.21. The molecule has 0 radical (unpaired) electrons. The van der Waals surface area contributed by atoms with Gasteiger partial charge >= 0.3 is 6.03 Å². The van der Waals surface area contributed by atoms with Gasteiger partial charge in [0.25, 0.3) is 11.7 Å². The summed E-state index contributed by atoms with van der Waals surface area (Å²) in [5, 5.41) is 12.7. The molecule has 0 unspecified atom stereocenters. The average Bonchev–Trinajstić information content (AvgIpc) is 3.23. The van der Waals surface area contributed by atoms with Gasteiger partial charge in [-0.1, -0.05) is 34.4 Å². The van der Waals surface area contributed by atoms with Gasteiger partial charge in [-0.15, -0.1) is 0 Å². The molecule has 1 fully saturated rings. The molecule has 0 spiro atoms. The quantitative estimate of drug-likeness (QED) is 0.524. The summed E-state index contributed by atoms with van der Waals surface area (Å²) in [6.45, 7) is 6.73. The molecule has 1 atom stereocenters. The number of morpholine rings is 1. The van der Waals surface area contributed by atoms with Crippen LogP contribution in [0, 0.1) is 0 Å². The summed E-state index contributed by atoms with van der Waals surface area (Å²) in [5.41, 5.74) is 1.06. The van der Waals surface area contributed by atoms with Gasteiger partial charge in [0.15, 0.2) is 0 Å². The summed E-state index contributed by atoms with van der Waals surface area (Å²) in [6.07, 6.45) is -0.146. The van der Waals surface area contributed by atoms with E-state index < -0.39 is 11.9 Å². The van der Waals surface area contributed by atoms with E-state index in [-0.39, 0.29) is 30.4 Å². The Morgan fingerprint density at radius 2 is 2.06 bits per heavy atom. The van der Waals surface area contributed by atoms with Crippen LogP contribution < -0.4 is 16.0 Å². The lowest BCUT2D eigenvalue weighted by Gasteiger charge is -2.33. The Bertz CT molecular complexity index is 939. The largest absolute Gasteiger partial charge is 0.374 e. The van der Waals surface area contributed by atoms with E-state index in [1.165, 1.54) is 0 Å². The van der Waals surface area contributed by atoms with Gasteiger partial charge in [-0.05, 0) is 31.5 Å². The molecule has 1 aromatic heterocycles. The number of carbonyl (C=O) groups excluding carboxylic acids is 2. The van der Waals surface area contributed by atoms with Crippen molar-refractivity contribution in [3.63, 3.8) is 0 Å². The number of rotatable bonds is 8. The van der Waals surface area contributed by atoms with Gasteiger partial charge in [-0.25, -0.2) is 4.79 Å². The summed E-state index contributed by atoms with van der Waals surface area (Å²) >= 11 is 12.1. The first-order chi connectivity index (χ1) is 15.3. The van der Waals surface area contributed by atoms with Crippen molar-refractivity contribution in [1.29, 1.82) is 0 Å². The fraction of sp³-hybridized carbons (Fsp3) is 0.500. The Morgan fingerprint density at radius 1 is 1.25 bits per heavy atom. The van der Waals surface area contributed by atoms with Crippen molar-refractivity contribution in [1.82, 2.24) is 31.0 Å². The summed E-state index contributed by atoms with van der Waals surface area (Å²) in [6, 6.07) is 5.14. The number of nitrogens with one attached hydrogen (secondary N) is 3. The Morgan fingerprint density at radius 3 is 2.81 bits per heavy atom. The third kappa shape index (κ3) is 7.33. The van der Waals surface area contributed by atoms with Crippen LogP contribution in [0.3, 0.4) is 0 Å². The van der Waals surface area contributed by atoms with Crippen molar-refractivity contribution in [2.45, 2.75) is 39.1 Å². The van der Waals surface area contributed by atoms with E-state index in [4.69, 9.17) is 32.5 Å². The molecule has 10 nitrogen and oxygen atoms in total. The van der Waals surface area contributed by atoms with Gasteiger partial charge in [0.05, 0.1) is 29.3 Å². The Hall–Kier alpha value is -2.40. The number of hydrogen-bond acceptors (Lipinski definition) is 7. The van der Waals surface area contributed by atoms with Crippen molar-refractivity contribution < 1.29 is 18.8 Å². The number of nitrogens with zero attached hydrogens (tertiary/aromatic N) is 3. The summed E-state index contributed by atoms with van der Waals surface area (Å²) in [5.74, 6) is -0.372. The normalized spacial score (nSPS) is 16.7. The zero-order chi connectivity index (χ0) is 23.1. The van der Waals surface area contributed by atoms with Crippen LogP contribution in [-0.4, -0.2) is 65.4 Å². The van der Waals surface area contributed by atoms with E-state index >= 15 is 0 Å². The second kappa shape index (κ2) is 11.5. The first-order valence-corrected chi connectivity index (χ1v) is 11.0. The lowest BCUT2D eigenvalue weighted by molar-refractivity contribution is -0.0287. The molecule has 3 amide bonds. The number of amides is 3. The Balaban J connectivity index is 1.39. The molecule has 0 aliphatic carbocycles. The molecule has 12 heteroatoms. The topological polar surface area (TPSA) is 122 Å². The predicted octanol–water partition coefficient (Wildman–Crippen LogP) is 2.21. The van der Waals surface area contributed by atoms with Gasteiger partial charge in [-0.2, -0.15) is 4.98 Å². The minimum atomic E-state index is -0.431. The van der Waals surface area contributed by atoms with Crippen LogP contribution in [0.5, 0.6) is 0 Å². The van der Waals surface area contributed by atoms with Crippen molar-refractivity contribution in [3.05, 3.63) is 45.5 Å². The molecule has 1 aromatic carbocycles. The molecular weight excluding hydrogens is 459 g/mol. The number of aromatic nitrogens is 2. The maximum absolute atomic E-state index is 12.1. The molecule has 1 aliphatic heterocycles. The van der Waals surface area contributed by atoms with E-state index in [0.717, 1.165) is 12.1 Å². The average molecular weight is 485 g/mol. The molecule has 0 bridgehead atoms. The van der Waals surface area contributed by atoms with Crippen LogP contribution in [0.25, 0.3) is 0 Å². The third-order valence-electron chi connectivity index (χ3n) is 4.59. The maximum Gasteiger partial charge on any atom is 0.315 e. The van der Waals surface area contributed by atoms with Gasteiger partial charge in [0.2, 0.25) is 5.89 Å². The van der Waals surface area contributed by atoms with Crippen LogP contribution >= 0.6 is 23.2 Å². The molecule has 2 aromatic rings. The van der Waals surface area contributed by atoms with Crippen LogP contribution in [0.4, 0.5) is 4.79 Å². The maximum atomic E-state index is 12.1. The SMILES string of the molecule is CC(C)NC(=O)c1noc(CNC(=O)NC[C@H]2CN(Cc3ccc(Cl)c(Cl)c3)CCO2)n1. The van der Waals surface area contributed by atoms with Crippen molar-refractivity contribution in [2.75, 3.05) is 26.2 Å².